The molecule has 4 N–H and O–H groups in total. The van der Waals surface area contributed by atoms with Crippen LogP contribution in [0.25, 0.3) is 10.9 Å². The molecule has 0 saturated carbocycles. The minimum absolute atomic E-state index is 0.0118. The van der Waals surface area contributed by atoms with E-state index in [0.29, 0.717) is 32.5 Å². The molecule has 2 bridgehead atoms. The van der Waals surface area contributed by atoms with Gasteiger partial charge in [0.05, 0.1) is 5.92 Å². The lowest BCUT2D eigenvalue weighted by Gasteiger charge is -2.54. The van der Waals surface area contributed by atoms with E-state index in [1.807, 2.05) is 47.2 Å². The van der Waals surface area contributed by atoms with Gasteiger partial charge in [0, 0.05) is 78.3 Å². The highest BCUT2D eigenvalue weighted by Gasteiger charge is 2.49. The number of piperidine rings is 1. The molecule has 2 aromatic carbocycles. The van der Waals surface area contributed by atoms with Crippen LogP contribution in [-0.4, -0.2) is 39.8 Å². The van der Waals surface area contributed by atoms with Gasteiger partial charge in [0.1, 0.15) is 0 Å². The standard InChI is InChI=1S/C30H31N5O4/c36-28-7-3-6-26-20-12-21(17-33(26)28)29-24(14-19-13-22(35(38)39)8-9-27(19)34(29)16-20)30(37)31-11-10-18-15-32-25-5-2-1-4-23(18)25/h1-9,13,15,20-21,24,29,32,35,38H,10-12,14,16-17H2,(H,31,37)/t20?,21?,24-,29+/m1/s1. The Labute approximate surface area is 225 Å². The number of aromatic nitrogens is 2. The van der Waals surface area contributed by atoms with Gasteiger partial charge in [-0.25, -0.2) is 5.21 Å². The van der Waals surface area contributed by atoms with E-state index in [1.54, 1.807) is 18.2 Å². The molecule has 200 valence electrons. The van der Waals surface area contributed by atoms with Gasteiger partial charge in [-0.05, 0) is 54.5 Å². The van der Waals surface area contributed by atoms with Crippen molar-refractivity contribution in [3.8, 4) is 0 Å². The Kier molecular flexibility index (Phi) is 5.80. The third-order valence-electron chi connectivity index (χ3n) is 8.96. The van der Waals surface area contributed by atoms with Crippen molar-refractivity contribution in [1.29, 1.82) is 0 Å². The molecule has 0 spiro atoms. The molecule has 0 radical (unpaired) electrons. The summed E-state index contributed by atoms with van der Waals surface area (Å²) in [7, 11) is 0. The Morgan fingerprint density at radius 2 is 2.00 bits per heavy atom. The average Bonchev–Trinajstić information content (AvgIpc) is 3.36. The molecular formula is C30H31N5O4. The fourth-order valence-corrected chi connectivity index (χ4v) is 7.27. The molecule has 1 saturated heterocycles. The van der Waals surface area contributed by atoms with Crippen molar-refractivity contribution in [3.63, 3.8) is 0 Å². The molecule has 5 atom stereocenters. The second-order valence-electron chi connectivity index (χ2n) is 11.1. The van der Waals surface area contributed by atoms with Crippen LogP contribution >= 0.6 is 0 Å². The first-order valence-corrected chi connectivity index (χ1v) is 13.6. The number of amides is 1. The molecule has 1 amide bonds. The summed E-state index contributed by atoms with van der Waals surface area (Å²) in [4.78, 5) is 32.2. The van der Waals surface area contributed by atoms with E-state index >= 15 is 0 Å². The SMILES string of the molecule is O=C(NCCc1c[nH]c2ccccc12)[C@@H]1Cc2cc([NH+]([O-])O)ccc2N2CC3CC(Cn4c3cccc4=O)[C@@H]12. The Morgan fingerprint density at radius 1 is 1.13 bits per heavy atom. The number of pyridine rings is 1. The minimum Gasteiger partial charge on any atom is -0.595 e. The van der Waals surface area contributed by atoms with Gasteiger partial charge >= 0.3 is 0 Å². The molecule has 4 aromatic rings. The summed E-state index contributed by atoms with van der Waals surface area (Å²) in [5.74, 6) is -0.0186. The molecule has 0 aliphatic carbocycles. The van der Waals surface area contributed by atoms with Crippen molar-refractivity contribution >= 4 is 28.2 Å². The second-order valence-corrected chi connectivity index (χ2v) is 11.1. The maximum atomic E-state index is 13.8. The molecule has 9 nitrogen and oxygen atoms in total. The Hall–Kier alpha value is -3.92. The molecule has 3 aliphatic rings. The van der Waals surface area contributed by atoms with Crippen molar-refractivity contribution < 1.29 is 15.2 Å². The van der Waals surface area contributed by atoms with Gasteiger partial charge in [-0.15, -0.1) is 0 Å². The number of hydrogen-bond donors (Lipinski definition) is 4. The number of fused-ring (bicyclic) bond motifs is 9. The zero-order chi connectivity index (χ0) is 26.7. The minimum atomic E-state index is -0.969. The number of aromatic amines is 1. The number of carbonyl (C=O) groups is 1. The van der Waals surface area contributed by atoms with E-state index in [-0.39, 0.29) is 40.9 Å². The quantitative estimate of drug-likeness (QED) is 0.298. The van der Waals surface area contributed by atoms with Crippen LogP contribution in [0, 0.1) is 17.0 Å². The van der Waals surface area contributed by atoms with Gasteiger partial charge in [0.2, 0.25) is 5.91 Å². The third-order valence-corrected chi connectivity index (χ3v) is 8.96. The number of quaternary nitrogens is 1. The summed E-state index contributed by atoms with van der Waals surface area (Å²) >= 11 is 0. The van der Waals surface area contributed by atoms with Crippen LogP contribution in [0.3, 0.4) is 0 Å². The normalized spacial score (nSPS) is 24.0. The number of hydrogen-bond acceptors (Lipinski definition) is 5. The highest BCUT2D eigenvalue weighted by Crippen LogP contribution is 2.47. The predicted octanol–water partition coefficient (Wildman–Crippen LogP) is 2.26. The van der Waals surface area contributed by atoms with Crippen molar-refractivity contribution in [2.45, 2.75) is 37.8 Å². The van der Waals surface area contributed by atoms with Crippen LogP contribution in [0.4, 0.5) is 11.4 Å². The number of rotatable bonds is 5. The van der Waals surface area contributed by atoms with Crippen molar-refractivity contribution in [1.82, 2.24) is 14.9 Å². The molecule has 2 aromatic heterocycles. The van der Waals surface area contributed by atoms with E-state index in [9.17, 15) is 20.0 Å². The number of H-pyrrole nitrogens is 1. The van der Waals surface area contributed by atoms with E-state index in [2.05, 4.69) is 21.3 Å². The first-order valence-electron chi connectivity index (χ1n) is 13.6. The highest BCUT2D eigenvalue weighted by atomic mass is 16.8. The van der Waals surface area contributed by atoms with Gasteiger partial charge in [-0.2, -0.15) is 5.23 Å². The van der Waals surface area contributed by atoms with Crippen LogP contribution in [0.1, 0.15) is 29.2 Å². The monoisotopic (exact) mass is 525 g/mol. The first kappa shape index (κ1) is 24.1. The van der Waals surface area contributed by atoms with E-state index in [1.165, 1.54) is 0 Å². The lowest BCUT2D eigenvalue weighted by Crippen LogP contribution is -2.99. The summed E-state index contributed by atoms with van der Waals surface area (Å²) < 4.78 is 1.89. The van der Waals surface area contributed by atoms with Gasteiger partial charge in [0.15, 0.2) is 5.69 Å². The Morgan fingerprint density at radius 3 is 2.87 bits per heavy atom. The summed E-state index contributed by atoms with van der Waals surface area (Å²) in [5, 5.41) is 24.7. The number of nitrogens with one attached hydrogen (secondary N) is 3. The highest BCUT2D eigenvalue weighted by molar-refractivity contribution is 5.84. The fourth-order valence-electron chi connectivity index (χ4n) is 7.27. The topological polar surface area (TPSA) is 118 Å². The van der Waals surface area contributed by atoms with Crippen molar-refractivity contribution in [3.05, 3.63) is 99.2 Å². The molecule has 9 heteroatoms. The van der Waals surface area contributed by atoms with Crippen LogP contribution in [-0.2, 0) is 24.2 Å². The zero-order valence-corrected chi connectivity index (χ0v) is 21.5. The van der Waals surface area contributed by atoms with Gasteiger partial charge < -0.3 is 25.0 Å². The summed E-state index contributed by atoms with van der Waals surface area (Å²) in [6.45, 7) is 1.80. The zero-order valence-electron chi connectivity index (χ0n) is 21.5. The van der Waals surface area contributed by atoms with Gasteiger partial charge in [-0.3, -0.25) is 9.59 Å². The van der Waals surface area contributed by atoms with Crippen LogP contribution in [0.15, 0.2) is 71.7 Å². The first-order chi connectivity index (χ1) is 19.0. The number of benzene rings is 2. The molecule has 1 fully saturated rings. The maximum Gasteiger partial charge on any atom is 0.250 e. The average molecular weight is 526 g/mol. The summed E-state index contributed by atoms with van der Waals surface area (Å²) in [5.41, 5.74) is 5.44. The number of carbonyl (C=O) groups excluding carboxylic acids is 1. The largest absolute Gasteiger partial charge is 0.595 e. The molecule has 3 aliphatic heterocycles. The fraction of sp³-hybridized carbons (Fsp3) is 0.333. The lowest BCUT2D eigenvalue weighted by molar-refractivity contribution is -0.991. The smallest absolute Gasteiger partial charge is 0.250 e. The third kappa shape index (κ3) is 4.05. The molecule has 39 heavy (non-hydrogen) atoms. The van der Waals surface area contributed by atoms with E-state index in [4.69, 9.17) is 0 Å². The van der Waals surface area contributed by atoms with Gasteiger partial charge in [0.25, 0.3) is 5.56 Å². The number of nitrogens with zero attached hydrogens (tertiary/aromatic N) is 2. The second kappa shape index (κ2) is 9.37. The van der Waals surface area contributed by atoms with Crippen LogP contribution in [0.2, 0.25) is 0 Å². The number of para-hydroxylation sites is 1. The summed E-state index contributed by atoms with van der Waals surface area (Å²) in [6.07, 6.45) is 4.13. The molecule has 5 heterocycles. The lowest BCUT2D eigenvalue weighted by atomic mass is 9.70. The van der Waals surface area contributed by atoms with Crippen molar-refractivity contribution in [2.24, 2.45) is 11.8 Å². The van der Waals surface area contributed by atoms with Crippen LogP contribution < -0.4 is 21.0 Å². The predicted molar refractivity (Wildman–Crippen MR) is 147 cm³/mol. The Balaban J connectivity index is 1.19. The summed E-state index contributed by atoms with van der Waals surface area (Å²) in [6, 6.07) is 18.8. The Bertz CT molecular complexity index is 1630. The van der Waals surface area contributed by atoms with E-state index in [0.717, 1.165) is 39.8 Å². The molecule has 3 unspecified atom stereocenters. The van der Waals surface area contributed by atoms with Crippen molar-refractivity contribution in [2.75, 3.05) is 18.0 Å². The van der Waals surface area contributed by atoms with Crippen LogP contribution in [0.5, 0.6) is 0 Å². The van der Waals surface area contributed by atoms with Gasteiger partial charge in [-0.1, -0.05) is 24.3 Å². The molecule has 7 rings (SSSR count). The molecular weight excluding hydrogens is 494 g/mol. The van der Waals surface area contributed by atoms with E-state index < -0.39 is 5.23 Å². The number of anilines is 1. The maximum absolute atomic E-state index is 13.8.